The summed E-state index contributed by atoms with van der Waals surface area (Å²) in [5.41, 5.74) is 1.14. The molecule has 0 aromatic heterocycles. The van der Waals surface area contributed by atoms with Gasteiger partial charge in [0, 0.05) is 10.2 Å². The predicted octanol–water partition coefficient (Wildman–Crippen LogP) is 1.63. The Morgan fingerprint density at radius 3 is 2.62 bits per heavy atom. The van der Waals surface area contributed by atoms with Gasteiger partial charge in [-0.3, -0.25) is 9.59 Å². The average Bonchev–Trinajstić information content (AvgIpc) is 2.58. The van der Waals surface area contributed by atoms with E-state index in [1.807, 2.05) is 6.07 Å². The molecule has 0 bridgehead atoms. The normalized spacial score (nSPS) is 15.4. The SMILES string of the molecule is N#Cc1ccc(N2CC(=O)CC2=O)cc1Br. The number of halogens is 1. The molecule has 1 fully saturated rings. The van der Waals surface area contributed by atoms with Crippen molar-refractivity contribution in [2.75, 3.05) is 11.4 Å². The Morgan fingerprint density at radius 1 is 1.38 bits per heavy atom. The summed E-state index contributed by atoms with van der Waals surface area (Å²) in [4.78, 5) is 24.0. The molecule has 1 saturated heterocycles. The molecular weight excluding hydrogens is 272 g/mol. The van der Waals surface area contributed by atoms with Crippen molar-refractivity contribution in [3.8, 4) is 6.07 Å². The molecule has 5 heteroatoms. The minimum Gasteiger partial charge on any atom is -0.305 e. The maximum atomic E-state index is 11.5. The molecule has 0 N–H and O–H groups in total. The van der Waals surface area contributed by atoms with Gasteiger partial charge in [0.15, 0.2) is 5.78 Å². The van der Waals surface area contributed by atoms with Gasteiger partial charge in [-0.1, -0.05) is 0 Å². The molecule has 0 atom stereocenters. The number of rotatable bonds is 1. The highest BCUT2D eigenvalue weighted by Crippen LogP contribution is 2.26. The fourth-order valence-corrected chi connectivity index (χ4v) is 2.04. The first-order chi connectivity index (χ1) is 7.61. The van der Waals surface area contributed by atoms with Crippen molar-refractivity contribution in [2.24, 2.45) is 0 Å². The molecule has 1 amide bonds. The quantitative estimate of drug-likeness (QED) is 0.734. The third kappa shape index (κ3) is 1.84. The number of ketones is 1. The molecule has 2 rings (SSSR count). The third-order valence-corrected chi connectivity index (χ3v) is 3.02. The number of carbonyl (C=O) groups is 2. The van der Waals surface area contributed by atoms with Crippen LogP contribution in [0.5, 0.6) is 0 Å². The van der Waals surface area contributed by atoms with Crippen LogP contribution >= 0.6 is 15.9 Å². The van der Waals surface area contributed by atoms with Gasteiger partial charge in [-0.05, 0) is 34.1 Å². The first-order valence-electron chi connectivity index (χ1n) is 4.63. The van der Waals surface area contributed by atoms with E-state index in [0.717, 1.165) is 0 Å². The van der Waals surface area contributed by atoms with Crippen LogP contribution < -0.4 is 4.90 Å². The van der Waals surface area contributed by atoms with E-state index in [9.17, 15) is 9.59 Å². The van der Waals surface area contributed by atoms with Crippen LogP contribution in [-0.2, 0) is 9.59 Å². The van der Waals surface area contributed by atoms with Crippen molar-refractivity contribution >= 4 is 33.3 Å². The van der Waals surface area contributed by atoms with E-state index in [0.29, 0.717) is 15.7 Å². The van der Waals surface area contributed by atoms with Crippen molar-refractivity contribution < 1.29 is 9.59 Å². The molecule has 1 heterocycles. The Hall–Kier alpha value is -1.67. The topological polar surface area (TPSA) is 61.2 Å². The van der Waals surface area contributed by atoms with Crippen LogP contribution in [0, 0.1) is 11.3 Å². The lowest BCUT2D eigenvalue weighted by Crippen LogP contribution is -2.24. The zero-order valence-corrected chi connectivity index (χ0v) is 9.82. The summed E-state index contributed by atoms with van der Waals surface area (Å²) in [5, 5.41) is 8.75. The molecule has 0 aliphatic carbocycles. The molecule has 4 nitrogen and oxygen atoms in total. The number of amides is 1. The number of nitriles is 1. The molecule has 0 radical (unpaired) electrons. The van der Waals surface area contributed by atoms with Crippen LogP contribution in [0.3, 0.4) is 0 Å². The van der Waals surface area contributed by atoms with Gasteiger partial charge in [-0.25, -0.2) is 0 Å². The Morgan fingerprint density at radius 2 is 2.12 bits per heavy atom. The maximum Gasteiger partial charge on any atom is 0.234 e. The number of hydrogen-bond donors (Lipinski definition) is 0. The first-order valence-corrected chi connectivity index (χ1v) is 5.43. The molecular formula is C11H7BrN2O2. The van der Waals surface area contributed by atoms with Gasteiger partial charge in [-0.15, -0.1) is 0 Å². The van der Waals surface area contributed by atoms with Crippen molar-refractivity contribution in [2.45, 2.75) is 6.42 Å². The zero-order valence-electron chi connectivity index (χ0n) is 8.24. The van der Waals surface area contributed by atoms with Gasteiger partial charge in [0.25, 0.3) is 0 Å². The van der Waals surface area contributed by atoms with Crippen LogP contribution in [0.15, 0.2) is 22.7 Å². The molecule has 80 valence electrons. The minimum atomic E-state index is -0.193. The van der Waals surface area contributed by atoms with Gasteiger partial charge in [0.1, 0.15) is 6.07 Å². The third-order valence-electron chi connectivity index (χ3n) is 2.37. The highest BCUT2D eigenvalue weighted by atomic mass is 79.9. The standard InChI is InChI=1S/C11H7BrN2O2/c12-10-3-8(2-1-7(10)5-13)14-6-9(15)4-11(14)16/h1-3H,4,6H2. The van der Waals surface area contributed by atoms with Crippen LogP contribution in [0.4, 0.5) is 5.69 Å². The van der Waals surface area contributed by atoms with Gasteiger partial charge in [0.05, 0.1) is 18.5 Å². The van der Waals surface area contributed by atoms with Gasteiger partial charge >= 0.3 is 0 Å². The Bertz CT molecular complexity index is 519. The highest BCUT2D eigenvalue weighted by Gasteiger charge is 2.28. The number of hydrogen-bond acceptors (Lipinski definition) is 3. The summed E-state index contributed by atoms with van der Waals surface area (Å²) in [6.07, 6.45) is -0.0301. The van der Waals surface area contributed by atoms with Gasteiger partial charge in [0.2, 0.25) is 5.91 Å². The molecule has 16 heavy (non-hydrogen) atoms. The van der Waals surface area contributed by atoms with Crippen molar-refractivity contribution in [1.29, 1.82) is 5.26 Å². The largest absolute Gasteiger partial charge is 0.305 e. The first kappa shape index (κ1) is 10.8. The summed E-state index contributed by atoms with van der Waals surface area (Å²) < 4.78 is 0.625. The fourth-order valence-electron chi connectivity index (χ4n) is 1.58. The summed E-state index contributed by atoms with van der Waals surface area (Å²) in [7, 11) is 0. The molecule has 1 aliphatic rings. The number of nitrogens with zero attached hydrogens (tertiary/aromatic N) is 2. The van der Waals surface area contributed by atoms with Gasteiger partial charge < -0.3 is 4.90 Å². The summed E-state index contributed by atoms with van der Waals surface area (Å²) in [6, 6.07) is 6.98. The van der Waals surface area contributed by atoms with E-state index < -0.39 is 0 Å². The van der Waals surface area contributed by atoms with E-state index >= 15 is 0 Å². The summed E-state index contributed by atoms with van der Waals surface area (Å²) in [6.45, 7) is 0.122. The Balaban J connectivity index is 2.36. The molecule has 0 saturated carbocycles. The zero-order chi connectivity index (χ0) is 11.7. The lowest BCUT2D eigenvalue weighted by Gasteiger charge is -2.15. The van der Waals surface area contributed by atoms with E-state index in [1.165, 1.54) is 4.90 Å². The maximum absolute atomic E-state index is 11.5. The minimum absolute atomic E-state index is 0.0301. The van der Waals surface area contributed by atoms with E-state index in [2.05, 4.69) is 15.9 Å². The molecule has 0 spiro atoms. The number of anilines is 1. The van der Waals surface area contributed by atoms with Crippen molar-refractivity contribution in [3.05, 3.63) is 28.2 Å². The van der Waals surface area contributed by atoms with Crippen LogP contribution in [-0.4, -0.2) is 18.2 Å². The lowest BCUT2D eigenvalue weighted by atomic mass is 10.2. The number of benzene rings is 1. The lowest BCUT2D eigenvalue weighted by molar-refractivity contribution is -0.121. The second-order valence-electron chi connectivity index (χ2n) is 3.47. The van der Waals surface area contributed by atoms with Crippen LogP contribution in [0.25, 0.3) is 0 Å². The van der Waals surface area contributed by atoms with Crippen LogP contribution in [0.1, 0.15) is 12.0 Å². The van der Waals surface area contributed by atoms with E-state index in [-0.39, 0.29) is 24.7 Å². The number of carbonyl (C=O) groups excluding carboxylic acids is 2. The highest BCUT2D eigenvalue weighted by molar-refractivity contribution is 9.10. The summed E-state index contributed by atoms with van der Waals surface area (Å²) >= 11 is 3.24. The number of Topliss-reactive ketones (excluding diaryl/α,β-unsaturated/α-hetero) is 1. The Labute approximate surface area is 101 Å². The second-order valence-corrected chi connectivity index (χ2v) is 4.33. The molecule has 0 unspecified atom stereocenters. The van der Waals surface area contributed by atoms with Gasteiger partial charge in [-0.2, -0.15) is 5.26 Å². The molecule has 1 aliphatic heterocycles. The van der Waals surface area contributed by atoms with Crippen molar-refractivity contribution in [3.63, 3.8) is 0 Å². The molecule has 1 aromatic carbocycles. The van der Waals surface area contributed by atoms with Crippen LogP contribution in [0.2, 0.25) is 0 Å². The predicted molar refractivity (Wildman–Crippen MR) is 60.8 cm³/mol. The second kappa shape index (κ2) is 4.06. The van der Waals surface area contributed by atoms with Crippen molar-refractivity contribution in [1.82, 2.24) is 0 Å². The smallest absolute Gasteiger partial charge is 0.234 e. The average molecular weight is 279 g/mol. The fraction of sp³-hybridized carbons (Fsp3) is 0.182. The summed E-state index contributed by atoms with van der Waals surface area (Å²) in [5.74, 6) is -0.271. The Kier molecular flexibility index (Phi) is 2.75. The van der Waals surface area contributed by atoms with E-state index in [4.69, 9.17) is 5.26 Å². The molecule has 1 aromatic rings. The van der Waals surface area contributed by atoms with E-state index in [1.54, 1.807) is 18.2 Å². The monoisotopic (exact) mass is 278 g/mol.